The molecule has 0 saturated carbocycles. The van der Waals surface area contributed by atoms with Crippen molar-refractivity contribution in [2.24, 2.45) is 0 Å². The van der Waals surface area contributed by atoms with E-state index in [0.717, 1.165) is 5.56 Å². The van der Waals surface area contributed by atoms with Crippen LogP contribution in [0.25, 0.3) is 0 Å². The summed E-state index contributed by atoms with van der Waals surface area (Å²) in [5, 5.41) is 3.75. The molecule has 0 atom stereocenters. The Bertz CT molecular complexity index is 735. The van der Waals surface area contributed by atoms with Crippen molar-refractivity contribution in [3.63, 3.8) is 0 Å². The number of thioether (sulfide) groups is 1. The number of hydrogen-bond donors (Lipinski definition) is 1. The number of nitrogens with one attached hydrogen (secondary N) is 1. The first kappa shape index (κ1) is 18.6. The predicted octanol–water partition coefficient (Wildman–Crippen LogP) is 4.65. The first-order valence-corrected chi connectivity index (χ1v) is 8.90. The molecule has 7 heteroatoms. The number of carbonyl (C=O) groups excluding carboxylic acids is 2. The summed E-state index contributed by atoms with van der Waals surface area (Å²) in [6, 6.07) is 12.1. The van der Waals surface area contributed by atoms with Crippen LogP contribution in [0, 0.1) is 0 Å². The summed E-state index contributed by atoms with van der Waals surface area (Å²) in [4.78, 5) is 23.6. The Kier molecular flexibility index (Phi) is 6.97. The van der Waals surface area contributed by atoms with Crippen LogP contribution in [0.4, 0.5) is 5.69 Å². The smallest absolute Gasteiger partial charge is 0.337 e. The molecular weight excluding hydrogens is 369 g/mol. The first-order valence-electron chi connectivity index (χ1n) is 6.99. The van der Waals surface area contributed by atoms with E-state index in [9.17, 15) is 9.59 Å². The Hall–Kier alpha value is -1.69. The number of halogens is 2. The molecule has 2 aromatic carbocycles. The molecule has 0 spiro atoms. The second-order valence-electron chi connectivity index (χ2n) is 4.85. The minimum atomic E-state index is -0.487. The number of benzene rings is 2. The Balaban J connectivity index is 1.90. The van der Waals surface area contributed by atoms with Crippen LogP contribution < -0.4 is 5.32 Å². The summed E-state index contributed by atoms with van der Waals surface area (Å²) in [7, 11) is 1.29. The van der Waals surface area contributed by atoms with Crippen molar-refractivity contribution < 1.29 is 14.3 Å². The molecule has 0 unspecified atom stereocenters. The molecule has 0 aliphatic heterocycles. The molecule has 0 saturated heterocycles. The zero-order chi connectivity index (χ0) is 17.5. The lowest BCUT2D eigenvalue weighted by Crippen LogP contribution is -2.15. The van der Waals surface area contributed by atoms with E-state index in [1.54, 1.807) is 12.1 Å². The third-order valence-electron chi connectivity index (χ3n) is 3.08. The first-order chi connectivity index (χ1) is 11.5. The number of rotatable bonds is 6. The van der Waals surface area contributed by atoms with Gasteiger partial charge in [-0.15, -0.1) is 11.8 Å². The molecule has 24 heavy (non-hydrogen) atoms. The molecule has 0 aliphatic carbocycles. The van der Waals surface area contributed by atoms with Gasteiger partial charge in [-0.05, 0) is 35.9 Å². The number of anilines is 1. The molecule has 4 nitrogen and oxygen atoms in total. The van der Waals surface area contributed by atoms with Crippen LogP contribution in [0.15, 0.2) is 42.5 Å². The molecule has 1 amide bonds. The summed E-state index contributed by atoms with van der Waals surface area (Å²) in [5.74, 6) is 0.277. The van der Waals surface area contributed by atoms with Crippen molar-refractivity contribution >= 4 is 52.5 Å². The summed E-state index contributed by atoms with van der Waals surface area (Å²) in [5.41, 5.74) is 1.80. The van der Waals surface area contributed by atoms with E-state index in [1.165, 1.54) is 24.9 Å². The van der Waals surface area contributed by atoms with Gasteiger partial charge in [0.05, 0.1) is 29.1 Å². The maximum Gasteiger partial charge on any atom is 0.337 e. The highest BCUT2D eigenvalue weighted by Gasteiger charge is 2.11. The lowest BCUT2D eigenvalue weighted by atomic mass is 10.2. The van der Waals surface area contributed by atoms with Gasteiger partial charge >= 0.3 is 5.97 Å². The predicted molar refractivity (Wildman–Crippen MR) is 99.0 cm³/mol. The Morgan fingerprint density at radius 1 is 1.12 bits per heavy atom. The summed E-state index contributed by atoms with van der Waals surface area (Å²) in [6.45, 7) is 0. The molecule has 126 valence electrons. The van der Waals surface area contributed by atoms with E-state index in [1.807, 2.05) is 24.3 Å². The van der Waals surface area contributed by atoms with E-state index < -0.39 is 5.97 Å². The SMILES string of the molecule is COC(=O)c1ccc(Cl)c(NC(=O)CSCc2ccc(Cl)cc2)c1. The van der Waals surface area contributed by atoms with Crippen molar-refractivity contribution in [2.45, 2.75) is 5.75 Å². The number of esters is 1. The van der Waals surface area contributed by atoms with Crippen LogP contribution in [0.2, 0.25) is 10.0 Å². The number of carbonyl (C=O) groups is 2. The quantitative estimate of drug-likeness (QED) is 0.737. The lowest BCUT2D eigenvalue weighted by Gasteiger charge is -2.09. The molecule has 0 heterocycles. The number of hydrogen-bond acceptors (Lipinski definition) is 4. The Morgan fingerprint density at radius 2 is 1.83 bits per heavy atom. The van der Waals surface area contributed by atoms with Gasteiger partial charge in [0.2, 0.25) is 5.91 Å². The topological polar surface area (TPSA) is 55.4 Å². The largest absolute Gasteiger partial charge is 0.465 e. The van der Waals surface area contributed by atoms with Gasteiger partial charge < -0.3 is 10.1 Å². The maximum atomic E-state index is 12.0. The van der Waals surface area contributed by atoms with Crippen LogP contribution in [0.3, 0.4) is 0 Å². The van der Waals surface area contributed by atoms with Crippen LogP contribution in [0.1, 0.15) is 15.9 Å². The molecule has 1 N–H and O–H groups in total. The van der Waals surface area contributed by atoms with Crippen LogP contribution in [-0.4, -0.2) is 24.7 Å². The summed E-state index contributed by atoms with van der Waals surface area (Å²) in [6.07, 6.45) is 0. The fraction of sp³-hybridized carbons (Fsp3) is 0.176. The molecule has 0 aliphatic rings. The monoisotopic (exact) mass is 383 g/mol. The van der Waals surface area contributed by atoms with Gasteiger partial charge in [-0.3, -0.25) is 4.79 Å². The Labute approximate surface area is 154 Å². The second kappa shape index (κ2) is 8.97. The highest BCUT2D eigenvalue weighted by Crippen LogP contribution is 2.24. The van der Waals surface area contributed by atoms with E-state index in [0.29, 0.717) is 27.0 Å². The highest BCUT2D eigenvalue weighted by atomic mass is 35.5. The zero-order valence-electron chi connectivity index (χ0n) is 12.8. The van der Waals surface area contributed by atoms with Crippen LogP contribution in [-0.2, 0) is 15.3 Å². The molecular formula is C17H15Cl2NO3S. The van der Waals surface area contributed by atoms with Gasteiger partial charge in [-0.25, -0.2) is 4.79 Å². The average molecular weight is 384 g/mol. The number of amides is 1. The van der Waals surface area contributed by atoms with Gasteiger partial charge in [0.25, 0.3) is 0 Å². The standard InChI is InChI=1S/C17H15Cl2NO3S/c1-23-17(22)12-4-7-14(19)15(8-12)20-16(21)10-24-9-11-2-5-13(18)6-3-11/h2-8H,9-10H2,1H3,(H,20,21). The summed E-state index contributed by atoms with van der Waals surface area (Å²) < 4.78 is 4.65. The minimum Gasteiger partial charge on any atom is -0.465 e. The second-order valence-corrected chi connectivity index (χ2v) is 6.68. The van der Waals surface area contributed by atoms with Gasteiger partial charge in [-0.1, -0.05) is 35.3 Å². The van der Waals surface area contributed by atoms with Gasteiger partial charge in [0.1, 0.15) is 0 Å². The van der Waals surface area contributed by atoms with Crippen molar-refractivity contribution in [1.82, 2.24) is 0 Å². The molecule has 0 bridgehead atoms. The molecule has 2 rings (SSSR count). The zero-order valence-corrected chi connectivity index (χ0v) is 15.2. The molecule has 0 aromatic heterocycles. The van der Waals surface area contributed by atoms with E-state index in [4.69, 9.17) is 23.2 Å². The molecule has 0 radical (unpaired) electrons. The minimum absolute atomic E-state index is 0.196. The summed E-state index contributed by atoms with van der Waals surface area (Å²) >= 11 is 13.3. The van der Waals surface area contributed by atoms with Gasteiger partial charge in [-0.2, -0.15) is 0 Å². The highest BCUT2D eigenvalue weighted by molar-refractivity contribution is 7.99. The fourth-order valence-electron chi connectivity index (χ4n) is 1.89. The fourth-order valence-corrected chi connectivity index (χ4v) is 2.97. The maximum absolute atomic E-state index is 12.0. The van der Waals surface area contributed by atoms with E-state index in [-0.39, 0.29) is 11.7 Å². The Morgan fingerprint density at radius 3 is 2.50 bits per heavy atom. The van der Waals surface area contributed by atoms with Crippen molar-refractivity contribution in [2.75, 3.05) is 18.2 Å². The third kappa shape index (κ3) is 5.44. The molecule has 0 fully saturated rings. The lowest BCUT2D eigenvalue weighted by molar-refractivity contribution is -0.113. The van der Waals surface area contributed by atoms with E-state index >= 15 is 0 Å². The molecule has 2 aromatic rings. The van der Waals surface area contributed by atoms with Gasteiger partial charge in [0.15, 0.2) is 0 Å². The van der Waals surface area contributed by atoms with Crippen molar-refractivity contribution in [3.05, 3.63) is 63.6 Å². The number of ether oxygens (including phenoxy) is 1. The van der Waals surface area contributed by atoms with Crippen LogP contribution >= 0.6 is 35.0 Å². The normalized spacial score (nSPS) is 10.3. The third-order valence-corrected chi connectivity index (χ3v) is 4.66. The van der Waals surface area contributed by atoms with E-state index in [2.05, 4.69) is 10.1 Å². The van der Waals surface area contributed by atoms with Crippen molar-refractivity contribution in [1.29, 1.82) is 0 Å². The average Bonchev–Trinajstić information content (AvgIpc) is 2.58. The van der Waals surface area contributed by atoms with Crippen molar-refractivity contribution in [3.8, 4) is 0 Å². The van der Waals surface area contributed by atoms with Crippen LogP contribution in [0.5, 0.6) is 0 Å². The van der Waals surface area contributed by atoms with Gasteiger partial charge in [0, 0.05) is 10.8 Å². The number of methoxy groups -OCH3 is 1.